The molecule has 82 valence electrons. The van der Waals surface area contributed by atoms with Gasteiger partial charge in [-0.15, -0.1) is 11.8 Å². The van der Waals surface area contributed by atoms with Gasteiger partial charge in [-0.05, 0) is 31.2 Å². The summed E-state index contributed by atoms with van der Waals surface area (Å²) in [4.78, 5) is 1.36. The zero-order valence-corrected chi connectivity index (χ0v) is 10.1. The molecule has 1 fully saturated rings. The first-order chi connectivity index (χ1) is 7.40. The van der Waals surface area contributed by atoms with Gasteiger partial charge in [0.1, 0.15) is 0 Å². The molecule has 0 heterocycles. The SMILES string of the molecule is CSc1ccccc1NC1CCCCC1. The molecule has 15 heavy (non-hydrogen) atoms. The summed E-state index contributed by atoms with van der Waals surface area (Å²) in [5.74, 6) is 0. The van der Waals surface area contributed by atoms with Gasteiger partial charge in [0.25, 0.3) is 0 Å². The Bertz CT molecular complexity index is 305. The van der Waals surface area contributed by atoms with E-state index in [0.717, 1.165) is 0 Å². The number of anilines is 1. The van der Waals surface area contributed by atoms with Crippen LogP contribution in [0.25, 0.3) is 0 Å². The highest BCUT2D eigenvalue weighted by Crippen LogP contribution is 2.28. The molecule has 1 aliphatic carbocycles. The van der Waals surface area contributed by atoms with Crippen LogP contribution in [-0.4, -0.2) is 12.3 Å². The molecule has 0 unspecified atom stereocenters. The second kappa shape index (κ2) is 5.45. The standard InChI is InChI=1S/C13H19NS/c1-15-13-10-6-5-9-12(13)14-11-7-3-2-4-8-11/h5-6,9-11,14H,2-4,7-8H2,1H3. The average Bonchev–Trinajstić information content (AvgIpc) is 2.31. The van der Waals surface area contributed by atoms with E-state index in [2.05, 4.69) is 35.8 Å². The van der Waals surface area contributed by atoms with Gasteiger partial charge in [-0.1, -0.05) is 31.4 Å². The molecule has 0 spiro atoms. The van der Waals surface area contributed by atoms with Crippen molar-refractivity contribution < 1.29 is 0 Å². The maximum Gasteiger partial charge on any atom is 0.0480 e. The molecular weight excluding hydrogens is 202 g/mol. The van der Waals surface area contributed by atoms with Crippen LogP contribution in [0, 0.1) is 0 Å². The molecule has 1 saturated carbocycles. The maximum absolute atomic E-state index is 3.68. The molecule has 0 radical (unpaired) electrons. The molecule has 1 aliphatic rings. The normalized spacial score (nSPS) is 17.7. The zero-order valence-electron chi connectivity index (χ0n) is 9.33. The maximum atomic E-state index is 3.68. The monoisotopic (exact) mass is 221 g/mol. The third-order valence-corrected chi connectivity index (χ3v) is 3.87. The largest absolute Gasteiger partial charge is 0.381 e. The van der Waals surface area contributed by atoms with Crippen LogP contribution >= 0.6 is 11.8 Å². The van der Waals surface area contributed by atoms with E-state index < -0.39 is 0 Å². The van der Waals surface area contributed by atoms with Crippen LogP contribution in [0.2, 0.25) is 0 Å². The van der Waals surface area contributed by atoms with Crippen molar-refractivity contribution in [3.8, 4) is 0 Å². The smallest absolute Gasteiger partial charge is 0.0480 e. The van der Waals surface area contributed by atoms with Gasteiger partial charge in [0, 0.05) is 16.6 Å². The van der Waals surface area contributed by atoms with Crippen molar-refractivity contribution in [2.75, 3.05) is 11.6 Å². The van der Waals surface area contributed by atoms with E-state index >= 15 is 0 Å². The molecule has 1 nitrogen and oxygen atoms in total. The van der Waals surface area contributed by atoms with Gasteiger partial charge >= 0.3 is 0 Å². The van der Waals surface area contributed by atoms with E-state index in [1.807, 2.05) is 11.8 Å². The van der Waals surface area contributed by atoms with Crippen molar-refractivity contribution in [1.82, 2.24) is 0 Å². The number of para-hydroxylation sites is 1. The lowest BCUT2D eigenvalue weighted by molar-refractivity contribution is 0.462. The summed E-state index contributed by atoms with van der Waals surface area (Å²) in [5.41, 5.74) is 1.32. The molecule has 2 heteroatoms. The van der Waals surface area contributed by atoms with Crippen molar-refractivity contribution in [3.05, 3.63) is 24.3 Å². The van der Waals surface area contributed by atoms with Gasteiger partial charge < -0.3 is 5.32 Å². The molecule has 0 aromatic heterocycles. The first-order valence-corrected chi connectivity index (χ1v) is 7.02. The number of hydrogen-bond acceptors (Lipinski definition) is 2. The fraction of sp³-hybridized carbons (Fsp3) is 0.538. The topological polar surface area (TPSA) is 12.0 Å². The highest BCUT2D eigenvalue weighted by atomic mass is 32.2. The predicted molar refractivity (Wildman–Crippen MR) is 68.7 cm³/mol. The summed E-state index contributed by atoms with van der Waals surface area (Å²) in [6.07, 6.45) is 9.01. The molecule has 0 atom stereocenters. The minimum atomic E-state index is 0.701. The van der Waals surface area contributed by atoms with Gasteiger partial charge in [0.05, 0.1) is 0 Å². The summed E-state index contributed by atoms with van der Waals surface area (Å²) in [7, 11) is 0. The van der Waals surface area contributed by atoms with E-state index in [-0.39, 0.29) is 0 Å². The van der Waals surface area contributed by atoms with E-state index in [1.54, 1.807) is 0 Å². The molecule has 0 amide bonds. The van der Waals surface area contributed by atoms with Gasteiger partial charge in [0.15, 0.2) is 0 Å². The van der Waals surface area contributed by atoms with E-state index in [1.165, 1.54) is 42.7 Å². The van der Waals surface area contributed by atoms with Gasteiger partial charge in [-0.3, -0.25) is 0 Å². The summed E-state index contributed by atoms with van der Waals surface area (Å²) in [6, 6.07) is 9.31. The number of thioether (sulfide) groups is 1. The third kappa shape index (κ3) is 2.91. The van der Waals surface area contributed by atoms with Gasteiger partial charge in [-0.2, -0.15) is 0 Å². The molecule has 0 aliphatic heterocycles. The van der Waals surface area contributed by atoms with Crippen LogP contribution in [0.4, 0.5) is 5.69 Å². The number of benzene rings is 1. The highest BCUT2D eigenvalue weighted by molar-refractivity contribution is 7.98. The van der Waals surface area contributed by atoms with E-state index in [4.69, 9.17) is 0 Å². The highest BCUT2D eigenvalue weighted by Gasteiger charge is 2.13. The van der Waals surface area contributed by atoms with Crippen molar-refractivity contribution in [3.63, 3.8) is 0 Å². The molecule has 1 N–H and O–H groups in total. The quantitative estimate of drug-likeness (QED) is 0.769. The molecule has 2 rings (SSSR count). The minimum absolute atomic E-state index is 0.701. The molecular formula is C13H19NS. The Morgan fingerprint density at radius 3 is 2.60 bits per heavy atom. The van der Waals surface area contributed by atoms with Crippen molar-refractivity contribution in [2.45, 2.75) is 43.0 Å². The molecule has 1 aromatic rings. The van der Waals surface area contributed by atoms with Crippen molar-refractivity contribution in [1.29, 1.82) is 0 Å². The van der Waals surface area contributed by atoms with Crippen LogP contribution in [0.5, 0.6) is 0 Å². The predicted octanol–water partition coefficient (Wildman–Crippen LogP) is 4.15. The van der Waals surface area contributed by atoms with E-state index in [9.17, 15) is 0 Å². The third-order valence-electron chi connectivity index (χ3n) is 3.07. The number of nitrogens with one attached hydrogen (secondary N) is 1. The Kier molecular flexibility index (Phi) is 3.95. The lowest BCUT2D eigenvalue weighted by Gasteiger charge is -2.24. The van der Waals surface area contributed by atoms with Gasteiger partial charge in [0.2, 0.25) is 0 Å². The minimum Gasteiger partial charge on any atom is -0.381 e. The Balaban J connectivity index is 2.02. The Morgan fingerprint density at radius 1 is 1.13 bits per heavy atom. The molecule has 0 saturated heterocycles. The first kappa shape index (κ1) is 10.9. The number of hydrogen-bond donors (Lipinski definition) is 1. The van der Waals surface area contributed by atoms with E-state index in [0.29, 0.717) is 6.04 Å². The summed E-state index contributed by atoms with van der Waals surface area (Å²) in [6.45, 7) is 0. The molecule has 0 bridgehead atoms. The fourth-order valence-corrected chi connectivity index (χ4v) is 2.79. The number of rotatable bonds is 3. The van der Waals surface area contributed by atoms with Crippen LogP contribution in [0.3, 0.4) is 0 Å². The first-order valence-electron chi connectivity index (χ1n) is 5.79. The Morgan fingerprint density at radius 2 is 1.87 bits per heavy atom. The van der Waals surface area contributed by atoms with Crippen molar-refractivity contribution in [2.24, 2.45) is 0 Å². The lowest BCUT2D eigenvalue weighted by Crippen LogP contribution is -2.22. The van der Waals surface area contributed by atoms with Crippen molar-refractivity contribution >= 4 is 17.4 Å². The second-order valence-electron chi connectivity index (χ2n) is 4.18. The Hall–Kier alpha value is -0.630. The zero-order chi connectivity index (χ0) is 10.5. The lowest BCUT2D eigenvalue weighted by atomic mass is 9.95. The fourth-order valence-electron chi connectivity index (χ4n) is 2.23. The molecule has 1 aromatic carbocycles. The van der Waals surface area contributed by atoms with Gasteiger partial charge in [-0.25, -0.2) is 0 Å². The average molecular weight is 221 g/mol. The summed E-state index contributed by atoms with van der Waals surface area (Å²) < 4.78 is 0. The van der Waals surface area contributed by atoms with Crippen LogP contribution in [0.1, 0.15) is 32.1 Å². The van der Waals surface area contributed by atoms with Crippen LogP contribution in [0.15, 0.2) is 29.2 Å². The summed E-state index contributed by atoms with van der Waals surface area (Å²) >= 11 is 1.82. The Labute approximate surface area is 96.7 Å². The summed E-state index contributed by atoms with van der Waals surface area (Å²) in [5, 5.41) is 3.68. The van der Waals surface area contributed by atoms with Crippen LogP contribution in [-0.2, 0) is 0 Å². The van der Waals surface area contributed by atoms with Crippen LogP contribution < -0.4 is 5.32 Å². The second-order valence-corrected chi connectivity index (χ2v) is 5.03.